The Labute approximate surface area is 138 Å². The van der Waals surface area contributed by atoms with Crippen molar-refractivity contribution >= 4 is 5.97 Å². The Bertz CT molecular complexity index is 359. The maximum atomic E-state index is 11.4. The van der Waals surface area contributed by atoms with Crippen molar-refractivity contribution in [3.05, 3.63) is 23.8 Å². The van der Waals surface area contributed by atoms with E-state index in [0.29, 0.717) is 11.5 Å². The molecule has 0 unspecified atom stereocenters. The molecule has 0 aliphatic rings. The van der Waals surface area contributed by atoms with Crippen molar-refractivity contribution in [2.24, 2.45) is 0 Å². The van der Waals surface area contributed by atoms with Gasteiger partial charge in [0.15, 0.2) is 11.5 Å². The van der Waals surface area contributed by atoms with E-state index in [1.807, 2.05) is 0 Å². The first-order chi connectivity index (χ1) is 7.24. The third-order valence-corrected chi connectivity index (χ3v) is 1.78. The van der Waals surface area contributed by atoms with E-state index in [4.69, 9.17) is 9.47 Å². The van der Waals surface area contributed by atoms with Crippen LogP contribution in [0.15, 0.2) is 18.2 Å². The number of methoxy groups -OCH3 is 2. The molecule has 0 fully saturated rings. The predicted molar refractivity (Wildman–Crippen MR) is 53.1 cm³/mol. The molecule has 16 heavy (non-hydrogen) atoms. The van der Waals surface area contributed by atoms with Crippen LogP contribution in [-0.2, 0) is 9.78 Å². The number of hydrogen-bond acceptors (Lipinski definition) is 5. The van der Waals surface area contributed by atoms with Gasteiger partial charge in [-0.2, -0.15) is 4.89 Å². The molecule has 0 amide bonds. The number of benzene rings is 1. The summed E-state index contributed by atoms with van der Waals surface area (Å²) in [6.07, 6.45) is 0. The van der Waals surface area contributed by atoms with Crippen LogP contribution in [0.2, 0.25) is 0 Å². The summed E-state index contributed by atoms with van der Waals surface area (Å²) in [6.45, 7) is 0. The van der Waals surface area contributed by atoms with Crippen LogP contribution in [0, 0.1) is 0 Å². The summed E-state index contributed by atoms with van der Waals surface area (Å²) in [7, 11) is 4.19. The molecule has 84 valence electrons. The number of ether oxygens (including phenoxy) is 2. The Morgan fingerprint density at radius 1 is 1.19 bits per heavy atom. The molecule has 1 aromatic carbocycles. The van der Waals surface area contributed by atoms with Crippen LogP contribution in [0.5, 0.6) is 11.5 Å². The minimum absolute atomic E-state index is 0. The molecule has 0 atom stereocenters. The second-order valence-corrected chi connectivity index (χ2v) is 2.58. The van der Waals surface area contributed by atoms with Crippen molar-refractivity contribution in [1.29, 1.82) is 0 Å². The smallest absolute Gasteiger partial charge is 1.00 e. The van der Waals surface area contributed by atoms with Gasteiger partial charge in [0.25, 0.3) is 0 Å². The van der Waals surface area contributed by atoms with E-state index in [1.54, 1.807) is 18.2 Å². The van der Waals surface area contributed by atoms with Gasteiger partial charge in [0.1, 0.15) is 5.56 Å². The fourth-order valence-electron chi connectivity index (χ4n) is 1.17. The second-order valence-electron chi connectivity index (χ2n) is 2.58. The molecule has 6 heteroatoms. The van der Waals surface area contributed by atoms with Crippen LogP contribution in [0.4, 0.5) is 0 Å². The van der Waals surface area contributed by atoms with Crippen LogP contribution in [0.25, 0.3) is 0 Å². The first-order valence-corrected chi connectivity index (χ1v) is 4.20. The van der Waals surface area contributed by atoms with Gasteiger partial charge in [-0.05, 0) is 12.1 Å². The molecule has 0 bridgehead atoms. The van der Waals surface area contributed by atoms with Gasteiger partial charge >= 0.3 is 57.4 Å². The van der Waals surface area contributed by atoms with Gasteiger partial charge in [0.05, 0.1) is 21.3 Å². The van der Waals surface area contributed by atoms with E-state index < -0.39 is 5.97 Å². The predicted octanol–water partition coefficient (Wildman–Crippen LogP) is -1.46. The molecular formula is C10H13KO5. The summed E-state index contributed by atoms with van der Waals surface area (Å²) in [5.74, 6) is 0.151. The summed E-state index contributed by atoms with van der Waals surface area (Å²) >= 11 is 0. The van der Waals surface area contributed by atoms with Gasteiger partial charge in [-0.3, -0.25) is 4.89 Å². The average Bonchev–Trinajstić information content (AvgIpc) is 2.28. The maximum Gasteiger partial charge on any atom is 1.00 e. The third kappa shape index (κ3) is 3.72. The molecule has 0 aromatic heterocycles. The van der Waals surface area contributed by atoms with Gasteiger partial charge in [-0.25, -0.2) is 4.79 Å². The fraction of sp³-hybridized carbons (Fsp3) is 0.300. The molecule has 1 aromatic rings. The number of hydrogen-bond donors (Lipinski definition) is 0. The standard InChI is InChI=1S/C10H12O5.K.H/c1-12-8-6-4-5-7(9(8)13-2)10(11)15-14-3;;/h4-6H,1-3H3;;/q;+1;-1. The molecule has 5 nitrogen and oxygen atoms in total. The largest absolute Gasteiger partial charge is 1.00 e. The first-order valence-electron chi connectivity index (χ1n) is 4.20. The van der Waals surface area contributed by atoms with Crippen LogP contribution < -0.4 is 60.9 Å². The molecule has 0 aliphatic heterocycles. The minimum Gasteiger partial charge on any atom is -1.00 e. The number of carbonyl (C=O) groups is 1. The SMILES string of the molecule is COOC(=O)c1cccc(OC)c1OC.[H-].[K+]. The van der Waals surface area contributed by atoms with Crippen molar-refractivity contribution in [2.75, 3.05) is 21.3 Å². The van der Waals surface area contributed by atoms with Crippen molar-refractivity contribution < 1.29 is 76.9 Å². The first kappa shape index (κ1) is 15.9. The molecule has 0 saturated carbocycles. The normalized spacial score (nSPS) is 8.94. The summed E-state index contributed by atoms with van der Waals surface area (Å²) in [4.78, 5) is 20.1. The fourth-order valence-corrected chi connectivity index (χ4v) is 1.17. The Morgan fingerprint density at radius 2 is 1.88 bits per heavy atom. The number of rotatable bonds is 4. The quantitative estimate of drug-likeness (QED) is 0.372. The van der Waals surface area contributed by atoms with E-state index in [2.05, 4.69) is 9.78 Å². The number of para-hydroxylation sites is 1. The van der Waals surface area contributed by atoms with Gasteiger partial charge < -0.3 is 10.9 Å². The Balaban J connectivity index is 0. The van der Waals surface area contributed by atoms with Gasteiger partial charge in [-0.1, -0.05) is 6.07 Å². The van der Waals surface area contributed by atoms with Crippen LogP contribution in [0.3, 0.4) is 0 Å². The van der Waals surface area contributed by atoms with E-state index >= 15 is 0 Å². The summed E-state index contributed by atoms with van der Waals surface area (Å²) in [5, 5.41) is 0. The molecule has 0 saturated heterocycles. The maximum absolute atomic E-state index is 11.4. The van der Waals surface area contributed by atoms with E-state index in [-0.39, 0.29) is 58.4 Å². The van der Waals surface area contributed by atoms with Crippen molar-refractivity contribution in [2.45, 2.75) is 0 Å². The van der Waals surface area contributed by atoms with Crippen molar-refractivity contribution in [3.8, 4) is 11.5 Å². The molecule has 0 heterocycles. The van der Waals surface area contributed by atoms with Gasteiger partial charge in [0.2, 0.25) is 0 Å². The molecular weight excluding hydrogens is 239 g/mol. The van der Waals surface area contributed by atoms with Crippen LogP contribution in [-0.4, -0.2) is 27.3 Å². The molecule has 0 radical (unpaired) electrons. The molecule has 0 N–H and O–H groups in total. The third-order valence-electron chi connectivity index (χ3n) is 1.78. The Kier molecular flexibility index (Phi) is 7.99. The zero-order chi connectivity index (χ0) is 11.3. The minimum atomic E-state index is -0.631. The second kappa shape index (κ2) is 8.05. The van der Waals surface area contributed by atoms with E-state index in [1.165, 1.54) is 21.3 Å². The van der Waals surface area contributed by atoms with Crippen LogP contribution >= 0.6 is 0 Å². The zero-order valence-electron chi connectivity index (χ0n) is 10.8. The van der Waals surface area contributed by atoms with Crippen LogP contribution in [0.1, 0.15) is 11.8 Å². The molecule has 0 aliphatic carbocycles. The summed E-state index contributed by atoms with van der Waals surface area (Å²) < 4.78 is 10.1. The summed E-state index contributed by atoms with van der Waals surface area (Å²) in [6, 6.07) is 4.90. The van der Waals surface area contributed by atoms with Crippen molar-refractivity contribution in [3.63, 3.8) is 0 Å². The van der Waals surface area contributed by atoms with Gasteiger partial charge in [0, 0.05) is 0 Å². The van der Waals surface area contributed by atoms with Gasteiger partial charge in [-0.15, -0.1) is 0 Å². The number of carbonyl (C=O) groups excluding carboxylic acids is 1. The average molecular weight is 252 g/mol. The van der Waals surface area contributed by atoms with Crippen molar-refractivity contribution in [1.82, 2.24) is 0 Å². The summed E-state index contributed by atoms with van der Waals surface area (Å²) in [5.41, 5.74) is 0.249. The molecule has 0 spiro atoms. The monoisotopic (exact) mass is 252 g/mol. The Hall–Kier alpha value is -0.114. The molecule has 1 rings (SSSR count). The van der Waals surface area contributed by atoms with E-state index in [9.17, 15) is 4.79 Å². The van der Waals surface area contributed by atoms with E-state index in [0.717, 1.165) is 0 Å². The Morgan fingerprint density at radius 3 is 2.38 bits per heavy atom. The topological polar surface area (TPSA) is 54.0 Å². The zero-order valence-corrected chi connectivity index (χ0v) is 12.9.